The highest BCUT2D eigenvalue weighted by Crippen LogP contribution is 2.14. The fraction of sp³-hybridized carbons (Fsp3) is 0.0714. The third kappa shape index (κ3) is 3.79. The van der Waals surface area contributed by atoms with Crippen molar-refractivity contribution in [2.45, 2.75) is 6.92 Å². The van der Waals surface area contributed by atoms with E-state index in [4.69, 9.17) is 5.84 Å². The van der Waals surface area contributed by atoms with Crippen LogP contribution in [-0.2, 0) is 0 Å². The van der Waals surface area contributed by atoms with Crippen molar-refractivity contribution in [3.8, 4) is 0 Å². The van der Waals surface area contributed by atoms with Crippen LogP contribution in [0.2, 0.25) is 0 Å². The number of hydrogen-bond acceptors (Lipinski definition) is 2. The average molecular weight is 258 g/mol. The second-order valence-electron chi connectivity index (χ2n) is 4.08. The summed E-state index contributed by atoms with van der Waals surface area (Å²) in [5.74, 6) is 5.44. The molecular formula is C14H15FN4. The smallest absolute Gasteiger partial charge is 0.215 e. The maximum absolute atomic E-state index is 13.3. The first kappa shape index (κ1) is 13.0. The average Bonchev–Trinajstić information content (AvgIpc) is 2.38. The highest BCUT2D eigenvalue weighted by Gasteiger charge is 2.01. The Hall–Kier alpha value is -2.40. The lowest BCUT2D eigenvalue weighted by Crippen LogP contribution is -2.36. The molecule has 0 heterocycles. The molecule has 4 nitrogen and oxygen atoms in total. The van der Waals surface area contributed by atoms with Crippen LogP contribution in [-0.4, -0.2) is 5.96 Å². The number of para-hydroxylation sites is 1. The summed E-state index contributed by atoms with van der Waals surface area (Å²) in [4.78, 5) is 4.28. The summed E-state index contributed by atoms with van der Waals surface area (Å²) < 4.78 is 13.3. The molecule has 98 valence electrons. The summed E-state index contributed by atoms with van der Waals surface area (Å²) in [6.07, 6.45) is 0. The lowest BCUT2D eigenvalue weighted by molar-refractivity contribution is 0.627. The Morgan fingerprint density at radius 2 is 1.89 bits per heavy atom. The third-order valence-corrected chi connectivity index (χ3v) is 2.44. The second kappa shape index (κ2) is 5.97. The minimum atomic E-state index is -0.307. The lowest BCUT2D eigenvalue weighted by atomic mass is 10.2. The molecule has 0 atom stereocenters. The molecule has 0 aliphatic carbocycles. The number of nitrogens with two attached hydrogens (primary N) is 1. The van der Waals surface area contributed by atoms with Crippen LogP contribution in [0.4, 0.5) is 15.8 Å². The van der Waals surface area contributed by atoms with Crippen LogP contribution in [0.5, 0.6) is 0 Å². The van der Waals surface area contributed by atoms with Crippen LogP contribution in [0.15, 0.2) is 53.5 Å². The predicted molar refractivity (Wildman–Crippen MR) is 75.6 cm³/mol. The van der Waals surface area contributed by atoms with E-state index in [-0.39, 0.29) is 5.82 Å². The van der Waals surface area contributed by atoms with Crippen LogP contribution < -0.4 is 16.6 Å². The Kier molecular flexibility index (Phi) is 4.10. The van der Waals surface area contributed by atoms with Gasteiger partial charge in [0.25, 0.3) is 0 Å². The normalized spacial score (nSPS) is 11.2. The summed E-state index contributed by atoms with van der Waals surface area (Å²) >= 11 is 0. The van der Waals surface area contributed by atoms with Gasteiger partial charge in [-0.25, -0.2) is 15.2 Å². The fourth-order valence-corrected chi connectivity index (χ4v) is 1.67. The van der Waals surface area contributed by atoms with Gasteiger partial charge in [-0.1, -0.05) is 18.2 Å². The SMILES string of the molecule is Cc1cc(F)cc(NC(=Nc2ccccc2)NN)c1. The molecule has 2 aromatic rings. The van der Waals surface area contributed by atoms with E-state index >= 15 is 0 Å². The van der Waals surface area contributed by atoms with Crippen molar-refractivity contribution in [2.24, 2.45) is 10.8 Å². The Morgan fingerprint density at radius 3 is 2.53 bits per heavy atom. The molecule has 0 aliphatic heterocycles. The number of rotatable bonds is 2. The van der Waals surface area contributed by atoms with Gasteiger partial charge in [0.1, 0.15) is 5.82 Å². The number of nitrogens with one attached hydrogen (secondary N) is 2. The molecule has 2 aromatic carbocycles. The molecule has 0 aliphatic rings. The molecule has 2 rings (SSSR count). The van der Waals surface area contributed by atoms with Crippen molar-refractivity contribution in [3.05, 3.63) is 59.9 Å². The number of aryl methyl sites for hydroxylation is 1. The number of halogens is 1. The maximum atomic E-state index is 13.3. The van der Waals surface area contributed by atoms with Gasteiger partial charge in [-0.15, -0.1) is 0 Å². The van der Waals surface area contributed by atoms with E-state index in [0.29, 0.717) is 11.6 Å². The minimum Gasteiger partial charge on any atom is -0.325 e. The first-order chi connectivity index (χ1) is 9.17. The van der Waals surface area contributed by atoms with E-state index in [2.05, 4.69) is 15.7 Å². The molecule has 19 heavy (non-hydrogen) atoms. The van der Waals surface area contributed by atoms with Gasteiger partial charge >= 0.3 is 0 Å². The molecule has 0 bridgehead atoms. The van der Waals surface area contributed by atoms with Gasteiger partial charge in [-0.3, -0.25) is 5.43 Å². The summed E-state index contributed by atoms with van der Waals surface area (Å²) in [7, 11) is 0. The van der Waals surface area contributed by atoms with Gasteiger partial charge in [0, 0.05) is 5.69 Å². The van der Waals surface area contributed by atoms with E-state index in [1.807, 2.05) is 37.3 Å². The van der Waals surface area contributed by atoms with Crippen molar-refractivity contribution in [2.75, 3.05) is 5.32 Å². The molecule has 4 N–H and O–H groups in total. The zero-order chi connectivity index (χ0) is 13.7. The molecule has 0 fully saturated rings. The van der Waals surface area contributed by atoms with E-state index in [1.54, 1.807) is 6.07 Å². The lowest BCUT2D eigenvalue weighted by Gasteiger charge is -2.10. The van der Waals surface area contributed by atoms with E-state index < -0.39 is 0 Å². The topological polar surface area (TPSA) is 62.4 Å². The van der Waals surface area contributed by atoms with Crippen molar-refractivity contribution < 1.29 is 4.39 Å². The van der Waals surface area contributed by atoms with Gasteiger partial charge in [-0.2, -0.15) is 0 Å². The standard InChI is InChI=1S/C14H15FN4/c1-10-7-11(15)9-13(8-10)18-14(19-16)17-12-5-3-2-4-6-12/h2-9H,16H2,1H3,(H2,17,18,19). The monoisotopic (exact) mass is 258 g/mol. The van der Waals surface area contributed by atoms with E-state index in [0.717, 1.165) is 11.3 Å². The molecule has 5 heteroatoms. The summed E-state index contributed by atoms with van der Waals surface area (Å²) in [6, 6.07) is 14.0. The second-order valence-corrected chi connectivity index (χ2v) is 4.08. The molecule has 0 aromatic heterocycles. The van der Waals surface area contributed by atoms with Crippen LogP contribution in [0.1, 0.15) is 5.56 Å². The number of guanidine groups is 1. The number of benzene rings is 2. The summed E-state index contributed by atoms with van der Waals surface area (Å²) in [6.45, 7) is 1.82. The summed E-state index contributed by atoms with van der Waals surface area (Å²) in [5.41, 5.74) is 4.61. The van der Waals surface area contributed by atoms with Gasteiger partial charge in [0.15, 0.2) is 0 Å². The van der Waals surface area contributed by atoms with Crippen LogP contribution in [0.3, 0.4) is 0 Å². The van der Waals surface area contributed by atoms with Gasteiger partial charge in [0.05, 0.1) is 5.69 Å². The van der Waals surface area contributed by atoms with E-state index in [1.165, 1.54) is 12.1 Å². The van der Waals surface area contributed by atoms with Crippen LogP contribution in [0, 0.1) is 12.7 Å². The first-order valence-electron chi connectivity index (χ1n) is 5.82. The Bertz CT molecular complexity index is 561. The van der Waals surface area contributed by atoms with Crippen molar-refractivity contribution >= 4 is 17.3 Å². The first-order valence-corrected chi connectivity index (χ1v) is 5.82. The van der Waals surface area contributed by atoms with Crippen LogP contribution >= 0.6 is 0 Å². The van der Waals surface area contributed by atoms with Gasteiger partial charge < -0.3 is 5.32 Å². The number of anilines is 1. The molecule has 0 saturated heterocycles. The van der Waals surface area contributed by atoms with Gasteiger partial charge in [0.2, 0.25) is 5.96 Å². The largest absolute Gasteiger partial charge is 0.325 e. The minimum absolute atomic E-state index is 0.307. The van der Waals surface area contributed by atoms with E-state index in [9.17, 15) is 4.39 Å². The molecule has 0 saturated carbocycles. The Balaban J connectivity index is 2.21. The molecular weight excluding hydrogens is 243 g/mol. The van der Waals surface area contributed by atoms with Crippen molar-refractivity contribution in [3.63, 3.8) is 0 Å². The number of nitrogens with zero attached hydrogens (tertiary/aromatic N) is 1. The number of hydrogen-bond donors (Lipinski definition) is 3. The fourth-order valence-electron chi connectivity index (χ4n) is 1.67. The quantitative estimate of drug-likeness (QED) is 0.336. The zero-order valence-corrected chi connectivity index (χ0v) is 10.5. The molecule has 0 radical (unpaired) electrons. The highest BCUT2D eigenvalue weighted by atomic mass is 19.1. The van der Waals surface area contributed by atoms with Gasteiger partial charge in [-0.05, 0) is 42.8 Å². The Morgan fingerprint density at radius 1 is 1.16 bits per heavy atom. The molecule has 0 spiro atoms. The Labute approximate surface area is 111 Å². The zero-order valence-electron chi connectivity index (χ0n) is 10.5. The summed E-state index contributed by atoms with van der Waals surface area (Å²) in [5, 5.41) is 2.93. The predicted octanol–water partition coefficient (Wildman–Crippen LogP) is 2.70. The maximum Gasteiger partial charge on any atom is 0.215 e. The number of hydrazine groups is 1. The third-order valence-electron chi connectivity index (χ3n) is 2.44. The molecule has 0 amide bonds. The number of aliphatic imine (C=N–C) groups is 1. The van der Waals surface area contributed by atoms with Crippen molar-refractivity contribution in [1.29, 1.82) is 0 Å². The van der Waals surface area contributed by atoms with Crippen molar-refractivity contribution in [1.82, 2.24) is 5.43 Å². The molecule has 0 unspecified atom stereocenters. The highest BCUT2D eigenvalue weighted by molar-refractivity contribution is 5.94. The van der Waals surface area contributed by atoms with Crippen LogP contribution in [0.25, 0.3) is 0 Å².